The third kappa shape index (κ3) is 4.96. The van der Waals surface area contributed by atoms with Crippen LogP contribution in [0.25, 0.3) is 9.88 Å². The fraction of sp³-hybridized carbons (Fsp3) is 0.348. The van der Waals surface area contributed by atoms with E-state index in [1.807, 2.05) is 35.7 Å². The highest BCUT2D eigenvalue weighted by molar-refractivity contribution is 7.22. The number of para-hydroxylation sites is 1. The van der Waals surface area contributed by atoms with Gasteiger partial charge in [-0.15, -0.1) is 22.7 Å². The highest BCUT2D eigenvalue weighted by Gasteiger charge is 2.20. The second kappa shape index (κ2) is 9.53. The summed E-state index contributed by atoms with van der Waals surface area (Å²) in [6.07, 6.45) is 0. The Bertz CT molecular complexity index is 1010. The number of hydrogen-bond donors (Lipinski definition) is 1. The lowest BCUT2D eigenvalue weighted by Crippen LogP contribution is -2.22. The molecule has 1 aromatic carbocycles. The molecule has 0 saturated heterocycles. The number of thiazole rings is 1. The van der Waals surface area contributed by atoms with E-state index in [0.717, 1.165) is 26.7 Å². The SMILES string of the molecule is Cc1nc(-c2cccs2)sc1C(=O)OCC(=O)Nc1c(C(C)C)cccc1C(C)C. The fourth-order valence-electron chi connectivity index (χ4n) is 3.16. The van der Waals surface area contributed by atoms with E-state index in [1.54, 1.807) is 18.3 Å². The van der Waals surface area contributed by atoms with E-state index >= 15 is 0 Å². The van der Waals surface area contributed by atoms with Crippen LogP contribution >= 0.6 is 22.7 Å². The maximum atomic E-state index is 12.6. The first-order valence-corrected chi connectivity index (χ1v) is 11.6. The van der Waals surface area contributed by atoms with Crippen LogP contribution in [-0.4, -0.2) is 23.5 Å². The smallest absolute Gasteiger partial charge is 0.350 e. The lowest BCUT2D eigenvalue weighted by Gasteiger charge is -2.20. The Balaban J connectivity index is 1.69. The van der Waals surface area contributed by atoms with E-state index in [0.29, 0.717) is 10.6 Å². The third-order valence-corrected chi connectivity index (χ3v) is 6.86. The molecule has 0 unspecified atom stereocenters. The number of esters is 1. The van der Waals surface area contributed by atoms with E-state index in [1.165, 1.54) is 11.3 Å². The van der Waals surface area contributed by atoms with Crippen molar-refractivity contribution in [3.8, 4) is 9.88 Å². The summed E-state index contributed by atoms with van der Waals surface area (Å²) in [6, 6.07) is 9.96. The van der Waals surface area contributed by atoms with Gasteiger partial charge in [-0.05, 0) is 41.3 Å². The first-order valence-electron chi connectivity index (χ1n) is 9.89. The minimum absolute atomic E-state index is 0.261. The molecular formula is C23H26N2O3S2. The molecule has 0 bridgehead atoms. The topological polar surface area (TPSA) is 68.3 Å². The molecule has 3 rings (SSSR count). The van der Waals surface area contributed by atoms with Gasteiger partial charge in [0, 0.05) is 5.69 Å². The largest absolute Gasteiger partial charge is 0.451 e. The first-order chi connectivity index (χ1) is 14.3. The van der Waals surface area contributed by atoms with Crippen LogP contribution in [-0.2, 0) is 9.53 Å². The molecule has 30 heavy (non-hydrogen) atoms. The highest BCUT2D eigenvalue weighted by Crippen LogP contribution is 2.33. The zero-order valence-electron chi connectivity index (χ0n) is 17.8. The summed E-state index contributed by atoms with van der Waals surface area (Å²) in [5.41, 5.74) is 3.57. The zero-order valence-corrected chi connectivity index (χ0v) is 19.4. The zero-order chi connectivity index (χ0) is 21.8. The second-order valence-corrected chi connectivity index (χ2v) is 9.60. The number of amides is 1. The average Bonchev–Trinajstić information content (AvgIpc) is 3.35. The van der Waals surface area contributed by atoms with Gasteiger partial charge in [0.2, 0.25) is 0 Å². The summed E-state index contributed by atoms with van der Waals surface area (Å²) in [6.45, 7) is 9.80. The Kier molecular flexibility index (Phi) is 7.05. The standard InChI is InChI=1S/C23H26N2O3S2/c1-13(2)16-8-6-9-17(14(3)4)20(16)25-19(26)12-28-23(27)21-15(5)24-22(30-21)18-10-7-11-29-18/h6-11,13-14H,12H2,1-5H3,(H,25,26). The van der Waals surface area contributed by atoms with Crippen molar-refractivity contribution in [2.24, 2.45) is 0 Å². The number of nitrogens with zero attached hydrogens (tertiary/aromatic N) is 1. The maximum Gasteiger partial charge on any atom is 0.350 e. The normalized spacial score (nSPS) is 11.2. The lowest BCUT2D eigenvalue weighted by molar-refractivity contribution is -0.119. The summed E-state index contributed by atoms with van der Waals surface area (Å²) < 4.78 is 5.30. The van der Waals surface area contributed by atoms with Crippen LogP contribution in [0.2, 0.25) is 0 Å². The molecular weight excluding hydrogens is 416 g/mol. The predicted molar refractivity (Wildman–Crippen MR) is 124 cm³/mol. The summed E-state index contributed by atoms with van der Waals surface area (Å²) in [5, 5.41) is 5.71. The van der Waals surface area contributed by atoms with Gasteiger partial charge in [-0.2, -0.15) is 0 Å². The number of nitrogens with one attached hydrogen (secondary N) is 1. The van der Waals surface area contributed by atoms with Crippen molar-refractivity contribution < 1.29 is 14.3 Å². The van der Waals surface area contributed by atoms with Gasteiger partial charge in [0.25, 0.3) is 5.91 Å². The molecule has 0 aliphatic heterocycles. The molecule has 7 heteroatoms. The van der Waals surface area contributed by atoms with Crippen LogP contribution in [0.4, 0.5) is 5.69 Å². The summed E-state index contributed by atoms with van der Waals surface area (Å²) in [5.74, 6) is -0.350. The fourth-order valence-corrected chi connectivity index (χ4v) is 4.92. The number of hydrogen-bond acceptors (Lipinski definition) is 6. The van der Waals surface area contributed by atoms with Crippen LogP contribution in [0.3, 0.4) is 0 Å². The van der Waals surface area contributed by atoms with E-state index in [2.05, 4.69) is 38.0 Å². The van der Waals surface area contributed by atoms with Gasteiger partial charge in [0.1, 0.15) is 9.88 Å². The van der Waals surface area contributed by atoms with Crippen molar-refractivity contribution in [2.45, 2.75) is 46.5 Å². The molecule has 0 atom stereocenters. The van der Waals surface area contributed by atoms with E-state index in [-0.39, 0.29) is 24.3 Å². The summed E-state index contributed by atoms with van der Waals surface area (Å²) >= 11 is 2.85. The monoisotopic (exact) mass is 442 g/mol. The Morgan fingerprint density at radius 1 is 1.07 bits per heavy atom. The minimum Gasteiger partial charge on any atom is -0.451 e. The summed E-state index contributed by atoms with van der Waals surface area (Å²) in [4.78, 5) is 31.0. The van der Waals surface area contributed by atoms with Crippen molar-refractivity contribution in [2.75, 3.05) is 11.9 Å². The van der Waals surface area contributed by atoms with Crippen LogP contribution in [0.15, 0.2) is 35.7 Å². The number of ether oxygens (including phenoxy) is 1. The van der Waals surface area contributed by atoms with Crippen LogP contribution in [0.5, 0.6) is 0 Å². The molecule has 158 valence electrons. The summed E-state index contributed by atoms with van der Waals surface area (Å²) in [7, 11) is 0. The average molecular weight is 443 g/mol. The quantitative estimate of drug-likeness (QED) is 0.441. The molecule has 3 aromatic rings. The molecule has 1 N–H and O–H groups in total. The van der Waals surface area contributed by atoms with Crippen LogP contribution in [0, 0.1) is 6.92 Å². The Morgan fingerprint density at radius 3 is 2.30 bits per heavy atom. The number of benzene rings is 1. The van der Waals surface area contributed by atoms with Crippen molar-refractivity contribution in [1.29, 1.82) is 0 Å². The number of thiophene rings is 1. The molecule has 0 radical (unpaired) electrons. The number of carbonyl (C=O) groups is 2. The van der Waals surface area contributed by atoms with Gasteiger partial charge in [-0.3, -0.25) is 4.79 Å². The number of anilines is 1. The number of aryl methyl sites for hydroxylation is 1. The van der Waals surface area contributed by atoms with Gasteiger partial charge in [0.15, 0.2) is 6.61 Å². The molecule has 0 fully saturated rings. The number of carbonyl (C=O) groups excluding carboxylic acids is 2. The number of rotatable bonds is 7. The minimum atomic E-state index is -0.524. The van der Waals surface area contributed by atoms with Gasteiger partial charge in [-0.1, -0.05) is 52.0 Å². The molecule has 2 heterocycles. The van der Waals surface area contributed by atoms with Crippen molar-refractivity contribution in [3.63, 3.8) is 0 Å². The Hall–Kier alpha value is -2.51. The van der Waals surface area contributed by atoms with Crippen molar-refractivity contribution in [3.05, 3.63) is 57.4 Å². The highest BCUT2D eigenvalue weighted by atomic mass is 32.1. The van der Waals surface area contributed by atoms with E-state index < -0.39 is 5.97 Å². The number of aromatic nitrogens is 1. The Labute approximate surface area is 185 Å². The second-order valence-electron chi connectivity index (χ2n) is 7.66. The molecule has 0 saturated carbocycles. The molecule has 5 nitrogen and oxygen atoms in total. The molecule has 0 spiro atoms. The predicted octanol–water partition coefficient (Wildman–Crippen LogP) is 6.22. The van der Waals surface area contributed by atoms with Gasteiger partial charge in [0.05, 0.1) is 10.6 Å². The van der Waals surface area contributed by atoms with Crippen molar-refractivity contribution >= 4 is 40.2 Å². The van der Waals surface area contributed by atoms with Crippen LogP contribution < -0.4 is 5.32 Å². The lowest BCUT2D eigenvalue weighted by atomic mass is 9.92. The Morgan fingerprint density at radius 2 is 1.73 bits per heavy atom. The van der Waals surface area contributed by atoms with Gasteiger partial charge >= 0.3 is 5.97 Å². The van der Waals surface area contributed by atoms with Gasteiger partial charge in [-0.25, -0.2) is 9.78 Å². The van der Waals surface area contributed by atoms with Crippen molar-refractivity contribution in [1.82, 2.24) is 4.98 Å². The van der Waals surface area contributed by atoms with E-state index in [9.17, 15) is 9.59 Å². The molecule has 0 aliphatic rings. The third-order valence-electron chi connectivity index (χ3n) is 4.69. The maximum absolute atomic E-state index is 12.6. The first kappa shape index (κ1) is 22.2. The van der Waals surface area contributed by atoms with E-state index in [4.69, 9.17) is 4.74 Å². The van der Waals surface area contributed by atoms with Crippen LogP contribution in [0.1, 0.15) is 66.0 Å². The molecule has 2 aromatic heterocycles. The molecule has 0 aliphatic carbocycles. The van der Waals surface area contributed by atoms with Gasteiger partial charge < -0.3 is 10.1 Å². The molecule has 1 amide bonds.